The third-order valence-corrected chi connectivity index (χ3v) is 29.8. The summed E-state index contributed by atoms with van der Waals surface area (Å²) in [7, 11) is 3.24. The van der Waals surface area contributed by atoms with Gasteiger partial charge in [0.2, 0.25) is 0 Å². The van der Waals surface area contributed by atoms with Gasteiger partial charge in [0, 0.05) is 34.8 Å². The summed E-state index contributed by atoms with van der Waals surface area (Å²) in [5.41, 5.74) is 1.58. The molecule has 0 N–H and O–H groups in total. The van der Waals surface area contributed by atoms with Gasteiger partial charge in [0.1, 0.15) is 12.2 Å². The largest absolute Gasteiger partial charge is 0.469 e. The summed E-state index contributed by atoms with van der Waals surface area (Å²) in [6, 6.07) is 9.60. The summed E-state index contributed by atoms with van der Waals surface area (Å²) in [6.07, 6.45) is 45.9. The number of methoxy groups -OCH3 is 2. The predicted molar refractivity (Wildman–Crippen MR) is 462 cm³/mol. The van der Waals surface area contributed by atoms with E-state index >= 15 is 0 Å². The SMILES string of the molecule is CC(=O)OC(C)(C)C.CC(=O)OC(C)C.CC(=O)OCc1ccccc1.CC(C)[C@H](C)CC1CC2CC1C1C3CCC(C3)C21.CC(C)[C@H](C)OC12CC3CC(CC(C3)C1)C2.CC(C)[C@H](C)OC1C2CC3CC(C2)CC1C3.CC(C)[C@H](C)OC1CC=CCC1.COC(C)=O.CO[C@@H](C)C12CC3CC(CC(C3)C1)C2.C[C@H]1COCCO1. The van der Waals surface area contributed by atoms with E-state index in [-0.39, 0.29) is 35.6 Å². The van der Waals surface area contributed by atoms with Gasteiger partial charge in [-0.25, -0.2) is 0 Å². The lowest BCUT2D eigenvalue weighted by Gasteiger charge is -2.58. The first-order valence-electron chi connectivity index (χ1n) is 46.7. The molecule has 0 spiro atoms. The molecule has 18 aliphatic rings. The molecule has 14 nitrogen and oxygen atoms in total. The van der Waals surface area contributed by atoms with E-state index in [0.29, 0.717) is 78.1 Å². The van der Waals surface area contributed by atoms with Crippen molar-refractivity contribution >= 4 is 23.9 Å². The molecule has 17 fully saturated rings. The Kier molecular flexibility index (Phi) is 39.9. The van der Waals surface area contributed by atoms with Crippen molar-refractivity contribution in [2.45, 2.75) is 393 Å². The van der Waals surface area contributed by atoms with Gasteiger partial charge in [0.25, 0.3) is 0 Å². The van der Waals surface area contributed by atoms with E-state index in [2.05, 4.69) is 112 Å². The maximum atomic E-state index is 10.4. The molecule has 1 aliphatic heterocycles. The first-order chi connectivity index (χ1) is 53.7. The van der Waals surface area contributed by atoms with E-state index in [0.717, 1.165) is 115 Å². The van der Waals surface area contributed by atoms with Crippen LogP contribution < -0.4 is 0 Å². The molecular weight excluding hydrogens is 1430 g/mol. The molecule has 14 atom stereocenters. The zero-order chi connectivity index (χ0) is 83.9. The average molecular weight is 1600 g/mol. The van der Waals surface area contributed by atoms with Crippen molar-refractivity contribution in [3.63, 3.8) is 0 Å². The molecule has 8 unspecified atom stereocenters. The van der Waals surface area contributed by atoms with Crippen LogP contribution in [-0.2, 0) is 73.2 Å². The Morgan fingerprint density at radius 2 is 1.01 bits per heavy atom. The van der Waals surface area contributed by atoms with Gasteiger partial charge >= 0.3 is 23.9 Å². The highest BCUT2D eigenvalue weighted by molar-refractivity contribution is 5.67. The smallest absolute Gasteiger partial charge is 0.303 e. The Morgan fingerprint density at radius 1 is 0.509 bits per heavy atom. The molecule has 16 saturated carbocycles. The summed E-state index contributed by atoms with van der Waals surface area (Å²) < 4.78 is 53.0. The third-order valence-electron chi connectivity index (χ3n) is 29.8. The summed E-state index contributed by atoms with van der Waals surface area (Å²) in [6.45, 7) is 49.3. The lowest BCUT2D eigenvalue weighted by Crippen LogP contribution is -2.53. The number of fused-ring (bicyclic) bond motifs is 9. The zero-order valence-corrected chi connectivity index (χ0v) is 77.3. The summed E-state index contributed by atoms with van der Waals surface area (Å²) in [5, 5.41) is 0. The molecule has 14 heteroatoms. The van der Waals surface area contributed by atoms with Crippen LogP contribution in [0.25, 0.3) is 0 Å². The van der Waals surface area contributed by atoms with Gasteiger partial charge in [-0.3, -0.25) is 19.2 Å². The normalized spacial score (nSPS) is 35.7. The van der Waals surface area contributed by atoms with Gasteiger partial charge in [-0.15, -0.1) is 0 Å². The molecule has 114 heavy (non-hydrogen) atoms. The van der Waals surface area contributed by atoms with E-state index in [9.17, 15) is 19.2 Å². The Labute approximate surface area is 697 Å². The minimum absolute atomic E-state index is 0.0255. The molecule has 0 amide bonds. The molecule has 1 saturated heterocycles. The molecule has 0 aromatic heterocycles. The summed E-state index contributed by atoms with van der Waals surface area (Å²) >= 11 is 0. The lowest BCUT2D eigenvalue weighted by molar-refractivity contribution is -0.191. The van der Waals surface area contributed by atoms with Crippen LogP contribution in [0.3, 0.4) is 0 Å². The highest BCUT2D eigenvalue weighted by Gasteiger charge is 2.62. The molecule has 16 bridgehead atoms. The van der Waals surface area contributed by atoms with Crippen molar-refractivity contribution in [3.8, 4) is 0 Å². The van der Waals surface area contributed by atoms with Crippen molar-refractivity contribution in [3.05, 3.63) is 48.0 Å². The van der Waals surface area contributed by atoms with Gasteiger partial charge < -0.3 is 47.4 Å². The maximum Gasteiger partial charge on any atom is 0.303 e. The van der Waals surface area contributed by atoms with Gasteiger partial charge in [0.05, 0.1) is 81.4 Å². The fraction of sp³-hybridized carbons (Fsp3) is 0.880. The van der Waals surface area contributed by atoms with Crippen molar-refractivity contribution in [1.29, 1.82) is 0 Å². The molecule has 0 radical (unpaired) electrons. The highest BCUT2D eigenvalue weighted by atomic mass is 16.6. The third kappa shape index (κ3) is 31.2. The lowest BCUT2D eigenvalue weighted by atomic mass is 9.48. The number of hydrogen-bond donors (Lipinski definition) is 0. The second-order valence-corrected chi connectivity index (χ2v) is 42.0. The summed E-state index contributed by atoms with van der Waals surface area (Å²) in [4.78, 5) is 40.3. The van der Waals surface area contributed by atoms with Crippen LogP contribution >= 0.6 is 0 Å². The Morgan fingerprint density at radius 3 is 1.39 bits per heavy atom. The number of rotatable bonds is 17. The number of allylic oxidation sites excluding steroid dienone is 1. The zero-order valence-electron chi connectivity index (χ0n) is 77.3. The van der Waals surface area contributed by atoms with Gasteiger partial charge in [-0.1, -0.05) is 105 Å². The van der Waals surface area contributed by atoms with Gasteiger partial charge in [0.15, 0.2) is 0 Å². The molecule has 1 aromatic carbocycles. The highest BCUT2D eigenvalue weighted by Crippen LogP contribution is 2.70. The molecule has 17 aliphatic carbocycles. The Bertz CT molecular complexity index is 2860. The van der Waals surface area contributed by atoms with E-state index < -0.39 is 0 Å². The quantitative estimate of drug-likeness (QED) is 0.0627. The van der Waals surface area contributed by atoms with E-state index in [1.165, 1.54) is 180 Å². The molecule has 1 aromatic rings. The standard InChI is InChI=1S/C18H30.2C15H26O.C13H22O.C11H20O.C9H10O2.C6H12O2.2C5H10O2.C3H6O2/c1-10(2)11(3)6-14-8-15-9-16(14)18-13-5-4-12(7-13)17(15)18;1-10(2)11(3)16-15-7-12-4-13(8-15)6-14(5-12)9-15;1-9(2)10(3)16-15-13-5-11-4-12(7-13)8-14(15)6-11;1-9(14-2)13-6-10-3-11(7-13)5-12(4-10)8-13;1-9(2)10(3)12-11-7-5-4-6-8-11;1-8(10)11-7-9-5-3-2-4-6-9;1-5(7)8-6(2,3)4;1-5-4-6-2-3-7-5;1-4(2)7-5(3)6;1-3(4)5-2/h10-18H,4-9H2,1-3H3;10-14H,4-9H2,1-3H3;9-15H,4-8H2,1-3H3;9-12H,3-8H2,1-2H3;4-5,9-11H,6-8H2,1-3H3;2-6H,7H2,1H3;1-4H3;5H,2-4H2,1H3;4H,1-3H3;1-2H3/t11-,12?,13?,14?,15?,16?,17?,18?;11-,12?,13?,14?,15?;10-,11?,12?,13?,14?,15?;9-,10?,11?,12?,13?;10-,11?;;;5-;;/m10000..0../s1. The predicted octanol–water partition coefficient (Wildman–Crippen LogP) is 23.9. The number of carbonyl (C=O) groups is 4. The van der Waals surface area contributed by atoms with Crippen LogP contribution in [0.5, 0.6) is 0 Å². The topological polar surface area (TPSA) is 161 Å². The van der Waals surface area contributed by atoms with Crippen molar-refractivity contribution < 1.29 is 66.5 Å². The molecular formula is C100H172O14. The van der Waals surface area contributed by atoms with Crippen LogP contribution in [0.15, 0.2) is 42.5 Å². The van der Waals surface area contributed by atoms with E-state index in [1.807, 2.05) is 79.0 Å². The van der Waals surface area contributed by atoms with Crippen molar-refractivity contribution in [2.75, 3.05) is 34.0 Å². The number of benzene rings is 1. The number of hydrogen-bond acceptors (Lipinski definition) is 14. The second kappa shape index (κ2) is 46.6. The van der Waals surface area contributed by atoms with E-state index in [4.69, 9.17) is 37.9 Å². The maximum absolute atomic E-state index is 10.4. The van der Waals surface area contributed by atoms with Crippen LogP contribution in [0.4, 0.5) is 0 Å². The number of carbonyl (C=O) groups excluding carboxylic acids is 4. The first-order valence-corrected chi connectivity index (χ1v) is 46.7. The molecule has 19 rings (SSSR count). The fourth-order valence-corrected chi connectivity index (χ4v) is 24.3. The number of ether oxygens (including phenoxy) is 10. The van der Waals surface area contributed by atoms with Crippen LogP contribution in [0, 0.1) is 136 Å². The van der Waals surface area contributed by atoms with Gasteiger partial charge in [-0.2, -0.15) is 0 Å². The monoisotopic (exact) mass is 1600 g/mol. The minimum atomic E-state index is -0.328. The van der Waals surface area contributed by atoms with Gasteiger partial charge in [-0.05, 0) is 377 Å². The van der Waals surface area contributed by atoms with E-state index in [1.54, 1.807) is 44.9 Å². The summed E-state index contributed by atoms with van der Waals surface area (Å²) in [5.74, 6) is 21.2. The van der Waals surface area contributed by atoms with Crippen molar-refractivity contribution in [1.82, 2.24) is 0 Å². The molecule has 656 valence electrons. The van der Waals surface area contributed by atoms with Crippen LogP contribution in [0.1, 0.15) is 332 Å². The van der Waals surface area contributed by atoms with Crippen LogP contribution in [-0.4, -0.2) is 118 Å². The number of esters is 4. The minimum Gasteiger partial charge on any atom is -0.469 e. The average Bonchev–Trinajstić information content (AvgIpc) is 1.53. The van der Waals surface area contributed by atoms with Crippen molar-refractivity contribution in [2.24, 2.45) is 136 Å². The Hall–Kier alpha value is -3.40. The second-order valence-electron chi connectivity index (χ2n) is 42.0. The fourth-order valence-electron chi connectivity index (χ4n) is 24.3. The molecule has 1 heterocycles. The van der Waals surface area contributed by atoms with Crippen LogP contribution in [0.2, 0.25) is 0 Å². The Balaban J connectivity index is 0.000000179. The first kappa shape index (κ1) is 97.7.